The lowest BCUT2D eigenvalue weighted by molar-refractivity contribution is 0.0434. The number of benzene rings is 2. The first-order valence-corrected chi connectivity index (χ1v) is 13.8. The van der Waals surface area contributed by atoms with Gasteiger partial charge in [-0.05, 0) is 65.9 Å². The fourth-order valence-electron chi connectivity index (χ4n) is 3.40. The quantitative estimate of drug-likeness (QED) is 0.300. The van der Waals surface area contributed by atoms with Crippen LogP contribution in [-0.2, 0) is 16.6 Å². The third kappa shape index (κ3) is 5.77. The van der Waals surface area contributed by atoms with Crippen LogP contribution in [0.4, 0.5) is 4.39 Å². The molecule has 0 aliphatic carbocycles. The summed E-state index contributed by atoms with van der Waals surface area (Å²) >= 11 is 0. The molecule has 32 heavy (non-hydrogen) atoms. The highest BCUT2D eigenvalue weighted by molar-refractivity contribution is 6.74. The first-order chi connectivity index (χ1) is 14.9. The molecule has 2 aromatic carbocycles. The number of hydrogen-bond acceptors (Lipinski definition) is 3. The maximum absolute atomic E-state index is 14.9. The van der Waals surface area contributed by atoms with E-state index in [1.807, 2.05) is 18.2 Å². The van der Waals surface area contributed by atoms with E-state index in [9.17, 15) is 9.50 Å². The summed E-state index contributed by atoms with van der Waals surface area (Å²) in [6.45, 7) is 19.1. The van der Waals surface area contributed by atoms with Crippen molar-refractivity contribution in [3.05, 3.63) is 78.7 Å². The van der Waals surface area contributed by atoms with Crippen molar-refractivity contribution in [3.63, 3.8) is 0 Å². The molecule has 0 bridgehead atoms. The van der Waals surface area contributed by atoms with E-state index in [4.69, 9.17) is 9.16 Å². The molecule has 0 aliphatic rings. The zero-order valence-electron chi connectivity index (χ0n) is 20.3. The second-order valence-corrected chi connectivity index (χ2v) is 14.6. The third-order valence-corrected chi connectivity index (χ3v) is 10.9. The van der Waals surface area contributed by atoms with Crippen LogP contribution in [0.25, 0.3) is 11.1 Å². The van der Waals surface area contributed by atoms with Crippen molar-refractivity contribution < 1.29 is 18.7 Å². The van der Waals surface area contributed by atoms with Crippen LogP contribution < -0.4 is 4.74 Å². The van der Waals surface area contributed by atoms with Crippen LogP contribution in [0.2, 0.25) is 18.1 Å². The first kappa shape index (κ1) is 26.0. The van der Waals surface area contributed by atoms with E-state index in [0.717, 1.165) is 5.56 Å². The van der Waals surface area contributed by atoms with Gasteiger partial charge in [-0.3, -0.25) is 0 Å². The average Bonchev–Trinajstić information content (AvgIpc) is 2.72. The number of methoxy groups -OCH3 is 1. The molecule has 0 aromatic heterocycles. The van der Waals surface area contributed by atoms with Crippen LogP contribution >= 0.6 is 0 Å². The summed E-state index contributed by atoms with van der Waals surface area (Å²) in [6, 6.07) is 10.3. The summed E-state index contributed by atoms with van der Waals surface area (Å²) in [5, 5.41) is 11.7. The summed E-state index contributed by atoms with van der Waals surface area (Å²) in [5.74, 6) is 0.172. The Morgan fingerprint density at radius 2 is 1.62 bits per heavy atom. The molecule has 0 saturated carbocycles. The number of halogens is 1. The molecule has 0 saturated heterocycles. The van der Waals surface area contributed by atoms with Gasteiger partial charge in [0.05, 0.1) is 19.3 Å². The summed E-state index contributed by atoms with van der Waals surface area (Å²) < 4.78 is 26.6. The van der Waals surface area contributed by atoms with Gasteiger partial charge in [0.2, 0.25) is 0 Å². The lowest BCUT2D eigenvalue weighted by Crippen LogP contribution is -2.40. The number of ether oxygens (including phenoxy) is 1. The molecule has 0 heterocycles. The smallest absolute Gasteiger partial charge is 0.192 e. The highest BCUT2D eigenvalue weighted by Gasteiger charge is 2.37. The summed E-state index contributed by atoms with van der Waals surface area (Å²) in [4.78, 5) is 0. The molecule has 0 atom stereocenters. The molecule has 3 nitrogen and oxygen atoms in total. The Morgan fingerprint density at radius 1 is 1.00 bits per heavy atom. The lowest BCUT2D eigenvalue weighted by atomic mass is 9.81. The molecule has 0 aliphatic heterocycles. The summed E-state index contributed by atoms with van der Waals surface area (Å²) in [7, 11) is -0.405. The molecule has 2 aromatic rings. The number of hydrogen-bond donors (Lipinski definition) is 1. The van der Waals surface area contributed by atoms with Crippen molar-refractivity contribution in [2.75, 3.05) is 7.11 Å². The fourth-order valence-corrected chi connectivity index (χ4v) is 4.36. The monoisotopic (exact) mass is 456 g/mol. The predicted octanol–water partition coefficient (Wildman–Crippen LogP) is 7.36. The van der Waals surface area contributed by atoms with Crippen LogP contribution in [-0.4, -0.2) is 20.5 Å². The summed E-state index contributed by atoms with van der Waals surface area (Å²) in [6.07, 6.45) is 3.97. The lowest BCUT2D eigenvalue weighted by Gasteiger charge is -2.36. The van der Waals surface area contributed by atoms with E-state index in [-0.39, 0.29) is 10.9 Å². The molecule has 0 unspecified atom stereocenters. The Morgan fingerprint density at radius 3 is 2.16 bits per heavy atom. The van der Waals surface area contributed by atoms with Crippen molar-refractivity contribution >= 4 is 8.32 Å². The van der Waals surface area contributed by atoms with Gasteiger partial charge >= 0.3 is 0 Å². The third-order valence-electron chi connectivity index (χ3n) is 6.42. The molecule has 5 heteroatoms. The predicted molar refractivity (Wildman–Crippen MR) is 134 cm³/mol. The van der Waals surface area contributed by atoms with Gasteiger partial charge < -0.3 is 14.3 Å². The molecule has 0 amide bonds. The van der Waals surface area contributed by atoms with Gasteiger partial charge in [-0.1, -0.05) is 51.1 Å². The van der Waals surface area contributed by atoms with Gasteiger partial charge in [0, 0.05) is 5.56 Å². The maximum atomic E-state index is 14.9. The Hall–Kier alpha value is -2.21. The minimum Gasteiger partial charge on any atom is -0.497 e. The van der Waals surface area contributed by atoms with E-state index in [0.29, 0.717) is 41.9 Å². The topological polar surface area (TPSA) is 38.7 Å². The van der Waals surface area contributed by atoms with E-state index in [2.05, 4.69) is 47.0 Å². The largest absolute Gasteiger partial charge is 0.497 e. The van der Waals surface area contributed by atoms with Crippen molar-refractivity contribution in [2.24, 2.45) is 0 Å². The molecule has 2 rings (SSSR count). The Balaban J connectivity index is 2.62. The molecular formula is C27H37FO3Si. The second-order valence-electron chi connectivity index (χ2n) is 9.79. The Labute approximate surface area is 193 Å². The Bertz CT molecular complexity index is 950. The van der Waals surface area contributed by atoms with Crippen molar-refractivity contribution in [2.45, 2.75) is 64.0 Å². The van der Waals surface area contributed by atoms with Crippen LogP contribution in [0.15, 0.2) is 61.7 Å². The first-order valence-electron chi connectivity index (χ1n) is 10.9. The van der Waals surface area contributed by atoms with Gasteiger partial charge in [-0.25, -0.2) is 4.39 Å². The van der Waals surface area contributed by atoms with Gasteiger partial charge in [0.15, 0.2) is 8.32 Å². The van der Waals surface area contributed by atoms with E-state index < -0.39 is 13.9 Å². The Kier molecular flexibility index (Phi) is 8.26. The van der Waals surface area contributed by atoms with Crippen LogP contribution in [0.3, 0.4) is 0 Å². The van der Waals surface area contributed by atoms with Gasteiger partial charge in [0.25, 0.3) is 0 Å². The summed E-state index contributed by atoms with van der Waals surface area (Å²) in [5.41, 5.74) is 1.29. The van der Waals surface area contributed by atoms with Crippen LogP contribution in [0.5, 0.6) is 5.75 Å². The zero-order chi connectivity index (χ0) is 24.2. The van der Waals surface area contributed by atoms with Gasteiger partial charge in [0.1, 0.15) is 11.6 Å². The van der Waals surface area contributed by atoms with Crippen LogP contribution in [0.1, 0.15) is 44.7 Å². The second kappa shape index (κ2) is 10.2. The molecule has 1 N–H and O–H groups in total. The SMILES string of the molecule is C=CCC(O)(CC=C)c1cc(CO[Si](C)(C)C(C)(C)C)ccc1-c1cc(OC)ccc1F. The number of rotatable bonds is 10. The van der Waals surface area contributed by atoms with Crippen molar-refractivity contribution in [3.8, 4) is 16.9 Å². The normalized spacial score (nSPS) is 12.5. The molecule has 0 radical (unpaired) electrons. The average molecular weight is 457 g/mol. The minimum absolute atomic E-state index is 0.0892. The van der Waals surface area contributed by atoms with E-state index in [1.165, 1.54) is 6.07 Å². The van der Waals surface area contributed by atoms with Crippen molar-refractivity contribution in [1.29, 1.82) is 0 Å². The highest BCUT2D eigenvalue weighted by atomic mass is 28.4. The fraction of sp³-hybridized carbons (Fsp3) is 0.407. The highest BCUT2D eigenvalue weighted by Crippen LogP contribution is 2.41. The van der Waals surface area contributed by atoms with E-state index >= 15 is 0 Å². The molecule has 0 fully saturated rings. The van der Waals surface area contributed by atoms with Gasteiger partial charge in [-0.2, -0.15) is 0 Å². The standard InChI is InChI=1S/C27H37FO3Si/c1-9-15-27(29,16-10-2)24-17-20(19-31-32(7,8)26(3,4)5)11-13-22(24)23-18-21(30-6)12-14-25(23)28/h9-14,17-18,29H,1-2,15-16,19H2,3-8H3. The van der Waals surface area contributed by atoms with Gasteiger partial charge in [-0.15, -0.1) is 13.2 Å². The van der Waals surface area contributed by atoms with E-state index in [1.54, 1.807) is 31.4 Å². The molecule has 0 spiro atoms. The van der Waals surface area contributed by atoms with Crippen LogP contribution in [0, 0.1) is 5.82 Å². The minimum atomic E-state index is -1.95. The number of aliphatic hydroxyl groups is 1. The maximum Gasteiger partial charge on any atom is 0.192 e. The van der Waals surface area contributed by atoms with Crippen molar-refractivity contribution in [1.82, 2.24) is 0 Å². The molecule has 174 valence electrons. The molecular weight excluding hydrogens is 419 g/mol. The zero-order valence-corrected chi connectivity index (χ0v) is 21.3.